The van der Waals surface area contributed by atoms with Gasteiger partial charge in [0.25, 0.3) is 0 Å². The van der Waals surface area contributed by atoms with Crippen molar-refractivity contribution in [2.75, 3.05) is 13.1 Å². The van der Waals surface area contributed by atoms with Crippen LogP contribution < -0.4 is 21.7 Å². The molecule has 7 nitrogen and oxygen atoms in total. The fraction of sp³-hybridized carbons (Fsp3) is 0.556. The highest BCUT2D eigenvalue weighted by molar-refractivity contribution is 7.80. The zero-order valence-electron chi connectivity index (χ0n) is 9.12. The second kappa shape index (κ2) is 6.14. The molecule has 17 heavy (non-hydrogen) atoms. The topological polar surface area (TPSA) is 113 Å². The molecule has 0 aromatic rings. The molecule has 8 heteroatoms. The smallest absolute Gasteiger partial charge is 0.309 e. The van der Waals surface area contributed by atoms with E-state index in [1.807, 2.05) is 0 Å². The first-order valence-corrected chi connectivity index (χ1v) is 5.56. The van der Waals surface area contributed by atoms with Crippen LogP contribution in [0.2, 0.25) is 0 Å². The van der Waals surface area contributed by atoms with Gasteiger partial charge in [-0.2, -0.15) is 0 Å². The van der Waals surface area contributed by atoms with Crippen molar-refractivity contribution in [2.45, 2.75) is 18.9 Å². The van der Waals surface area contributed by atoms with Crippen LogP contribution in [0.25, 0.3) is 0 Å². The van der Waals surface area contributed by atoms with Gasteiger partial charge < -0.3 is 21.7 Å². The molecule has 1 heterocycles. The molecule has 1 saturated heterocycles. The van der Waals surface area contributed by atoms with E-state index in [2.05, 4.69) is 28.2 Å². The van der Waals surface area contributed by atoms with Crippen molar-refractivity contribution in [1.82, 2.24) is 16.0 Å². The molecule has 0 radical (unpaired) electrons. The molecule has 0 saturated carbocycles. The third kappa shape index (κ3) is 4.35. The predicted octanol–water partition coefficient (Wildman–Crippen LogP) is -2.22. The SMILES string of the molecule is NC(=S)CNC(=O)C(=O)NC1CCCNC1=O. The molecule has 1 aliphatic heterocycles. The van der Waals surface area contributed by atoms with Crippen molar-refractivity contribution in [3.05, 3.63) is 0 Å². The Morgan fingerprint density at radius 2 is 2.18 bits per heavy atom. The lowest BCUT2D eigenvalue weighted by Gasteiger charge is -2.22. The van der Waals surface area contributed by atoms with Crippen LogP contribution in [-0.4, -0.2) is 41.8 Å². The van der Waals surface area contributed by atoms with E-state index in [0.29, 0.717) is 13.0 Å². The van der Waals surface area contributed by atoms with Gasteiger partial charge >= 0.3 is 11.8 Å². The number of rotatable bonds is 3. The van der Waals surface area contributed by atoms with E-state index in [-0.39, 0.29) is 17.4 Å². The standard InChI is InChI=1S/C9H14N4O3S/c10-6(17)4-12-8(15)9(16)13-5-2-1-3-11-7(5)14/h5H,1-4H2,(H2,10,17)(H,11,14)(H,12,15)(H,13,16). The normalized spacial score (nSPS) is 19.1. The van der Waals surface area contributed by atoms with Crippen molar-refractivity contribution in [1.29, 1.82) is 0 Å². The number of nitrogens with one attached hydrogen (secondary N) is 3. The lowest BCUT2D eigenvalue weighted by Crippen LogP contribution is -2.53. The molecule has 1 fully saturated rings. The highest BCUT2D eigenvalue weighted by Crippen LogP contribution is 2.02. The molecule has 0 aromatic heterocycles. The fourth-order valence-electron chi connectivity index (χ4n) is 1.38. The largest absolute Gasteiger partial charge is 0.392 e. The van der Waals surface area contributed by atoms with E-state index in [1.165, 1.54) is 0 Å². The van der Waals surface area contributed by atoms with Gasteiger partial charge in [-0.1, -0.05) is 12.2 Å². The van der Waals surface area contributed by atoms with Crippen molar-refractivity contribution < 1.29 is 14.4 Å². The fourth-order valence-corrected chi connectivity index (χ4v) is 1.45. The van der Waals surface area contributed by atoms with Crippen molar-refractivity contribution in [2.24, 2.45) is 5.73 Å². The Bertz CT molecular complexity index is 358. The Hall–Kier alpha value is -1.70. The molecule has 94 valence electrons. The number of thiocarbonyl (C=S) groups is 1. The monoisotopic (exact) mass is 258 g/mol. The van der Waals surface area contributed by atoms with E-state index in [0.717, 1.165) is 6.42 Å². The first-order chi connectivity index (χ1) is 8.00. The summed E-state index contributed by atoms with van der Waals surface area (Å²) in [6.45, 7) is 0.553. The van der Waals surface area contributed by atoms with Crippen LogP contribution in [0.4, 0.5) is 0 Å². The van der Waals surface area contributed by atoms with Gasteiger partial charge in [-0.25, -0.2) is 0 Å². The van der Waals surface area contributed by atoms with E-state index < -0.39 is 17.9 Å². The summed E-state index contributed by atoms with van der Waals surface area (Å²) in [5, 5.41) is 7.18. The summed E-state index contributed by atoms with van der Waals surface area (Å²) in [6, 6.07) is -0.646. The number of amides is 3. The number of nitrogens with two attached hydrogens (primary N) is 1. The maximum absolute atomic E-state index is 11.4. The lowest BCUT2D eigenvalue weighted by atomic mass is 10.1. The third-order valence-electron chi connectivity index (χ3n) is 2.22. The summed E-state index contributed by atoms with van der Waals surface area (Å²) in [5.41, 5.74) is 5.17. The third-order valence-corrected chi connectivity index (χ3v) is 2.36. The molecule has 1 rings (SSSR count). The van der Waals surface area contributed by atoms with Gasteiger partial charge in [0.15, 0.2) is 0 Å². The second-order valence-electron chi connectivity index (χ2n) is 3.61. The van der Waals surface area contributed by atoms with Crippen molar-refractivity contribution in [3.8, 4) is 0 Å². The Morgan fingerprint density at radius 3 is 2.76 bits per heavy atom. The molecular weight excluding hydrogens is 244 g/mol. The molecular formula is C9H14N4O3S. The number of carbonyl (C=O) groups is 3. The Balaban J connectivity index is 2.39. The average molecular weight is 258 g/mol. The quantitative estimate of drug-likeness (QED) is 0.338. The van der Waals surface area contributed by atoms with Crippen LogP contribution >= 0.6 is 12.2 Å². The number of hydrogen-bond donors (Lipinski definition) is 4. The lowest BCUT2D eigenvalue weighted by molar-refractivity contribution is -0.140. The second-order valence-corrected chi connectivity index (χ2v) is 4.13. The summed E-state index contributed by atoms with van der Waals surface area (Å²) in [7, 11) is 0. The van der Waals surface area contributed by atoms with Crippen LogP contribution in [0.5, 0.6) is 0 Å². The van der Waals surface area contributed by atoms with Gasteiger partial charge in [-0.15, -0.1) is 0 Å². The van der Waals surface area contributed by atoms with Crippen molar-refractivity contribution >= 4 is 34.9 Å². The molecule has 1 atom stereocenters. The summed E-state index contributed by atoms with van der Waals surface area (Å²) in [4.78, 5) is 34.0. The maximum Gasteiger partial charge on any atom is 0.309 e. The van der Waals surface area contributed by atoms with Gasteiger partial charge in [-0.05, 0) is 12.8 Å². The first-order valence-electron chi connectivity index (χ1n) is 5.15. The first kappa shape index (κ1) is 13.4. The summed E-state index contributed by atoms with van der Waals surface area (Å²) >= 11 is 4.55. The van der Waals surface area contributed by atoms with Gasteiger partial charge in [0.05, 0.1) is 11.5 Å². The molecule has 1 aliphatic rings. The maximum atomic E-state index is 11.4. The highest BCUT2D eigenvalue weighted by Gasteiger charge is 2.25. The van der Waals surface area contributed by atoms with Crippen LogP contribution in [0.3, 0.4) is 0 Å². The molecule has 5 N–H and O–H groups in total. The minimum Gasteiger partial charge on any atom is -0.392 e. The predicted molar refractivity (Wildman–Crippen MR) is 64.0 cm³/mol. The molecule has 1 unspecified atom stereocenters. The number of carbonyl (C=O) groups excluding carboxylic acids is 3. The van der Waals surface area contributed by atoms with Crippen LogP contribution in [0.15, 0.2) is 0 Å². The zero-order chi connectivity index (χ0) is 12.8. The van der Waals surface area contributed by atoms with Gasteiger partial charge in [0.1, 0.15) is 6.04 Å². The molecule has 0 spiro atoms. The summed E-state index contributed by atoms with van der Waals surface area (Å²) in [5.74, 6) is -1.98. The zero-order valence-corrected chi connectivity index (χ0v) is 9.93. The number of piperidine rings is 1. The molecule has 0 bridgehead atoms. The number of hydrogen-bond acceptors (Lipinski definition) is 4. The highest BCUT2D eigenvalue weighted by atomic mass is 32.1. The minimum absolute atomic E-state index is 0.0432. The van der Waals surface area contributed by atoms with Gasteiger partial charge in [-0.3, -0.25) is 14.4 Å². The summed E-state index contributed by atoms with van der Waals surface area (Å²) in [6.07, 6.45) is 1.30. The van der Waals surface area contributed by atoms with E-state index in [9.17, 15) is 14.4 Å². The van der Waals surface area contributed by atoms with Crippen LogP contribution in [0, 0.1) is 0 Å². The molecule has 3 amide bonds. The molecule has 0 aliphatic carbocycles. The average Bonchev–Trinajstić information content (AvgIpc) is 2.28. The van der Waals surface area contributed by atoms with E-state index in [4.69, 9.17) is 5.73 Å². The Morgan fingerprint density at radius 1 is 1.47 bits per heavy atom. The van der Waals surface area contributed by atoms with Gasteiger partial charge in [0, 0.05) is 6.54 Å². The van der Waals surface area contributed by atoms with E-state index in [1.54, 1.807) is 0 Å². The Labute approximate surface area is 103 Å². The minimum atomic E-state index is -0.858. The van der Waals surface area contributed by atoms with E-state index >= 15 is 0 Å². The van der Waals surface area contributed by atoms with Crippen molar-refractivity contribution in [3.63, 3.8) is 0 Å². The molecule has 0 aromatic carbocycles. The summed E-state index contributed by atoms with van der Waals surface area (Å²) < 4.78 is 0. The van der Waals surface area contributed by atoms with Crippen LogP contribution in [-0.2, 0) is 14.4 Å². The Kier molecular flexibility index (Phi) is 4.83. The van der Waals surface area contributed by atoms with Crippen LogP contribution in [0.1, 0.15) is 12.8 Å². The van der Waals surface area contributed by atoms with Gasteiger partial charge in [0.2, 0.25) is 5.91 Å².